The first-order valence-electron chi connectivity index (χ1n) is 5.34. The first kappa shape index (κ1) is 12.1. The molecule has 0 amide bonds. The first-order valence-corrected chi connectivity index (χ1v) is 5.34. The van der Waals surface area contributed by atoms with Crippen molar-refractivity contribution < 1.29 is 14.2 Å². The van der Waals surface area contributed by atoms with Crippen molar-refractivity contribution >= 4 is 0 Å². The summed E-state index contributed by atoms with van der Waals surface area (Å²) in [6, 6.07) is 9.80. The van der Waals surface area contributed by atoms with Crippen LogP contribution >= 0.6 is 0 Å². The van der Waals surface area contributed by atoms with Crippen molar-refractivity contribution in [1.82, 2.24) is 0 Å². The van der Waals surface area contributed by atoms with E-state index in [0.29, 0.717) is 11.3 Å². The van der Waals surface area contributed by atoms with Gasteiger partial charge in [-0.05, 0) is 42.8 Å². The predicted molar refractivity (Wildman–Crippen MR) is 65.6 cm³/mol. The number of benzene rings is 1. The monoisotopic (exact) mass is 246 g/mol. The molecule has 0 aliphatic rings. The molecule has 0 heterocycles. The third-order valence-electron chi connectivity index (χ3n) is 2.43. The van der Waals surface area contributed by atoms with Gasteiger partial charge in [-0.2, -0.15) is 0 Å². The fraction of sp³-hybridized carbons (Fsp3) is 0.0714. The Hall–Kier alpha value is -2.36. The van der Waals surface area contributed by atoms with Gasteiger partial charge in [0.25, 0.3) is 0 Å². The molecule has 3 nitrogen and oxygen atoms in total. The summed E-state index contributed by atoms with van der Waals surface area (Å²) in [5.74, 6) is -0.409. The lowest BCUT2D eigenvalue weighted by atomic mass is 10.2. The van der Waals surface area contributed by atoms with Gasteiger partial charge in [0.1, 0.15) is 11.6 Å². The average molecular weight is 246 g/mol. The van der Waals surface area contributed by atoms with Crippen molar-refractivity contribution in [2.75, 3.05) is 0 Å². The van der Waals surface area contributed by atoms with Crippen LogP contribution in [0.3, 0.4) is 0 Å². The highest BCUT2D eigenvalue weighted by Crippen LogP contribution is 2.29. The summed E-state index contributed by atoms with van der Waals surface area (Å²) < 4.78 is 18.4. The third-order valence-corrected chi connectivity index (χ3v) is 2.43. The Morgan fingerprint density at radius 1 is 1.11 bits per heavy atom. The number of hydrogen-bond donors (Lipinski definition) is 1. The lowest BCUT2D eigenvalue weighted by Crippen LogP contribution is -1.96. The summed E-state index contributed by atoms with van der Waals surface area (Å²) in [4.78, 5) is 11.4. The van der Waals surface area contributed by atoms with E-state index in [1.165, 1.54) is 36.4 Å². The Balaban J connectivity index is 2.44. The number of ether oxygens (including phenoxy) is 1. The maximum Gasteiger partial charge on any atom is 0.224 e. The number of rotatable bonds is 2. The molecule has 1 N–H and O–H groups in total. The fourth-order valence-corrected chi connectivity index (χ4v) is 1.49. The second-order valence-electron chi connectivity index (χ2n) is 3.81. The molecular formula is C14H11FO3. The highest BCUT2D eigenvalue weighted by Gasteiger charge is 2.07. The van der Waals surface area contributed by atoms with E-state index in [1.54, 1.807) is 13.0 Å². The molecule has 0 radical (unpaired) electrons. The SMILES string of the molecule is Cc1cc(F)ccc1Oc1ccccc(=O)c1O. The van der Waals surface area contributed by atoms with Gasteiger partial charge in [-0.15, -0.1) is 0 Å². The predicted octanol–water partition coefficient (Wildman–Crippen LogP) is 2.99. The molecule has 18 heavy (non-hydrogen) atoms. The summed E-state index contributed by atoms with van der Waals surface area (Å²) in [5.41, 5.74) is 0.0446. The minimum absolute atomic E-state index is 0.0414. The van der Waals surface area contributed by atoms with Gasteiger partial charge in [0.15, 0.2) is 5.75 Å². The first-order chi connectivity index (χ1) is 8.58. The van der Waals surface area contributed by atoms with Gasteiger partial charge < -0.3 is 9.84 Å². The Bertz CT molecular complexity index is 638. The van der Waals surface area contributed by atoms with E-state index in [-0.39, 0.29) is 11.6 Å². The summed E-state index contributed by atoms with van der Waals surface area (Å²) in [5, 5.41) is 9.65. The molecule has 0 unspecified atom stereocenters. The molecule has 2 aromatic rings. The Labute approximate surface area is 103 Å². The van der Waals surface area contributed by atoms with Gasteiger partial charge >= 0.3 is 0 Å². The second-order valence-corrected chi connectivity index (χ2v) is 3.81. The topological polar surface area (TPSA) is 46.5 Å². The highest BCUT2D eigenvalue weighted by atomic mass is 19.1. The molecule has 0 saturated carbocycles. The highest BCUT2D eigenvalue weighted by molar-refractivity contribution is 5.43. The smallest absolute Gasteiger partial charge is 0.224 e. The van der Waals surface area contributed by atoms with Gasteiger partial charge in [0, 0.05) is 0 Å². The molecule has 0 bridgehead atoms. The fourth-order valence-electron chi connectivity index (χ4n) is 1.49. The van der Waals surface area contributed by atoms with Gasteiger partial charge in [-0.3, -0.25) is 4.79 Å². The summed E-state index contributed by atoms with van der Waals surface area (Å²) in [6.07, 6.45) is 0. The average Bonchev–Trinajstić information content (AvgIpc) is 2.48. The van der Waals surface area contributed by atoms with Crippen LogP contribution in [0.15, 0.2) is 47.3 Å². The van der Waals surface area contributed by atoms with E-state index in [4.69, 9.17) is 4.74 Å². The molecule has 2 aromatic carbocycles. The number of halogens is 1. The summed E-state index contributed by atoms with van der Waals surface area (Å²) >= 11 is 0. The molecular weight excluding hydrogens is 235 g/mol. The van der Waals surface area contributed by atoms with Gasteiger partial charge in [0.2, 0.25) is 11.2 Å². The molecule has 0 aliphatic heterocycles. The molecule has 4 heteroatoms. The quantitative estimate of drug-likeness (QED) is 0.886. The van der Waals surface area contributed by atoms with E-state index in [1.807, 2.05) is 0 Å². The van der Waals surface area contributed by atoms with Crippen LogP contribution < -0.4 is 10.2 Å². The molecule has 0 atom stereocenters. The van der Waals surface area contributed by atoms with Gasteiger partial charge in [-0.1, -0.05) is 12.1 Å². The van der Waals surface area contributed by atoms with Crippen molar-refractivity contribution in [3.63, 3.8) is 0 Å². The Morgan fingerprint density at radius 3 is 2.56 bits per heavy atom. The van der Waals surface area contributed by atoms with Crippen molar-refractivity contribution in [3.8, 4) is 17.2 Å². The zero-order valence-corrected chi connectivity index (χ0v) is 9.68. The van der Waals surface area contributed by atoms with Crippen molar-refractivity contribution in [3.05, 3.63) is 64.1 Å². The summed E-state index contributed by atoms with van der Waals surface area (Å²) in [7, 11) is 0. The van der Waals surface area contributed by atoms with Crippen LogP contribution in [-0.2, 0) is 0 Å². The molecule has 0 saturated heterocycles. The van der Waals surface area contributed by atoms with Crippen LogP contribution in [0.5, 0.6) is 17.2 Å². The van der Waals surface area contributed by atoms with Gasteiger partial charge in [-0.25, -0.2) is 4.39 Å². The molecule has 2 rings (SSSR count). The lowest BCUT2D eigenvalue weighted by molar-refractivity contribution is 0.407. The van der Waals surface area contributed by atoms with Gasteiger partial charge in [0.05, 0.1) is 0 Å². The molecule has 0 spiro atoms. The second kappa shape index (κ2) is 4.87. The largest absolute Gasteiger partial charge is 0.502 e. The molecule has 0 aromatic heterocycles. The van der Waals surface area contributed by atoms with Crippen LogP contribution in [0.25, 0.3) is 0 Å². The maximum atomic E-state index is 12.9. The maximum absolute atomic E-state index is 12.9. The van der Waals surface area contributed by atoms with Crippen molar-refractivity contribution in [2.45, 2.75) is 6.92 Å². The minimum Gasteiger partial charge on any atom is -0.502 e. The third kappa shape index (κ3) is 2.48. The zero-order valence-electron chi connectivity index (χ0n) is 9.68. The van der Waals surface area contributed by atoms with E-state index in [0.717, 1.165) is 0 Å². The van der Waals surface area contributed by atoms with E-state index >= 15 is 0 Å². The normalized spacial score (nSPS) is 10.1. The van der Waals surface area contributed by atoms with E-state index < -0.39 is 11.2 Å². The molecule has 0 fully saturated rings. The van der Waals surface area contributed by atoms with Crippen LogP contribution in [-0.4, -0.2) is 5.11 Å². The zero-order chi connectivity index (χ0) is 13.1. The van der Waals surface area contributed by atoms with E-state index in [9.17, 15) is 14.3 Å². The summed E-state index contributed by atoms with van der Waals surface area (Å²) in [6.45, 7) is 1.68. The van der Waals surface area contributed by atoms with Crippen LogP contribution in [0.1, 0.15) is 5.56 Å². The van der Waals surface area contributed by atoms with Crippen LogP contribution in [0, 0.1) is 12.7 Å². The number of aromatic hydroxyl groups is 1. The number of hydrogen-bond acceptors (Lipinski definition) is 3. The van der Waals surface area contributed by atoms with E-state index in [2.05, 4.69) is 0 Å². The van der Waals surface area contributed by atoms with Crippen molar-refractivity contribution in [2.24, 2.45) is 0 Å². The minimum atomic E-state index is -0.533. The standard InChI is InChI=1S/C14H11FO3/c1-9-8-10(15)6-7-12(9)18-13-5-3-2-4-11(16)14(13)17/h2-8H,1H3,(H,16,17). The molecule has 0 aliphatic carbocycles. The Kier molecular flexibility index (Phi) is 3.28. The lowest BCUT2D eigenvalue weighted by Gasteiger charge is -2.08. The molecule has 92 valence electrons. The number of aryl methyl sites for hydroxylation is 1. The Morgan fingerprint density at radius 2 is 1.83 bits per heavy atom. The van der Waals surface area contributed by atoms with Crippen molar-refractivity contribution in [1.29, 1.82) is 0 Å². The van der Waals surface area contributed by atoms with Crippen LogP contribution in [0.4, 0.5) is 4.39 Å². The van der Waals surface area contributed by atoms with Crippen LogP contribution in [0.2, 0.25) is 0 Å².